The Morgan fingerprint density at radius 3 is 2.39 bits per heavy atom. The second-order valence-electron chi connectivity index (χ2n) is 5.29. The molecule has 124 valence electrons. The van der Waals surface area contributed by atoms with Gasteiger partial charge < -0.3 is 10.4 Å². The van der Waals surface area contributed by atoms with Gasteiger partial charge in [-0.05, 0) is 43.0 Å². The summed E-state index contributed by atoms with van der Waals surface area (Å²) >= 11 is 0. The Morgan fingerprint density at radius 1 is 1.30 bits per heavy atom. The molecule has 0 spiro atoms. The maximum Gasteiger partial charge on any atom is 0.326 e. The number of amides is 1. The third-order valence-electron chi connectivity index (χ3n) is 3.49. The smallest absolute Gasteiger partial charge is 0.326 e. The first-order valence-electron chi connectivity index (χ1n) is 7.09. The molecule has 1 atom stereocenters. The minimum absolute atomic E-state index is 0.0212. The van der Waals surface area contributed by atoms with Crippen molar-refractivity contribution in [2.45, 2.75) is 23.8 Å². The lowest BCUT2D eigenvalue weighted by atomic mass is 10.1. The molecule has 0 aliphatic heterocycles. The summed E-state index contributed by atoms with van der Waals surface area (Å²) in [5.74, 6) is -1.62. The number of rotatable bonds is 8. The molecule has 1 aromatic rings. The van der Waals surface area contributed by atoms with Crippen LogP contribution >= 0.6 is 0 Å². The zero-order valence-corrected chi connectivity index (χ0v) is 13.2. The van der Waals surface area contributed by atoms with Crippen LogP contribution in [0.5, 0.6) is 0 Å². The highest BCUT2D eigenvalue weighted by Crippen LogP contribution is 2.32. The van der Waals surface area contributed by atoms with Crippen molar-refractivity contribution in [1.29, 1.82) is 0 Å². The van der Waals surface area contributed by atoms with Crippen molar-refractivity contribution < 1.29 is 23.1 Å². The van der Waals surface area contributed by atoms with E-state index in [4.69, 9.17) is 5.11 Å². The van der Waals surface area contributed by atoms with Crippen LogP contribution in [0.1, 0.15) is 23.2 Å². The van der Waals surface area contributed by atoms with E-state index < -0.39 is 27.9 Å². The fourth-order valence-electron chi connectivity index (χ4n) is 2.07. The van der Waals surface area contributed by atoms with Crippen LogP contribution in [0.4, 0.5) is 0 Å². The first kappa shape index (κ1) is 17.2. The highest BCUT2D eigenvalue weighted by atomic mass is 32.2. The van der Waals surface area contributed by atoms with Crippen molar-refractivity contribution in [3.63, 3.8) is 0 Å². The number of nitrogens with one attached hydrogen (secondary N) is 2. The van der Waals surface area contributed by atoms with Gasteiger partial charge >= 0.3 is 5.97 Å². The third kappa shape index (κ3) is 4.40. The molecule has 7 nitrogen and oxygen atoms in total. The normalized spacial score (nSPS) is 15.7. The van der Waals surface area contributed by atoms with E-state index in [0.29, 0.717) is 0 Å². The first-order chi connectivity index (χ1) is 10.8. The molecular formula is C15H18N2O5S. The molecule has 8 heteroatoms. The zero-order valence-electron chi connectivity index (χ0n) is 12.4. The largest absolute Gasteiger partial charge is 0.480 e. The van der Waals surface area contributed by atoms with Crippen LogP contribution in [-0.4, -0.2) is 38.0 Å². The fraction of sp³-hybridized carbons (Fsp3) is 0.333. The lowest BCUT2D eigenvalue weighted by Crippen LogP contribution is -2.42. The lowest BCUT2D eigenvalue weighted by Gasteiger charge is -2.13. The molecule has 0 aromatic heterocycles. The summed E-state index contributed by atoms with van der Waals surface area (Å²) in [6.07, 6.45) is 2.98. The number of carbonyl (C=O) groups is 2. The molecule has 0 heterocycles. The number of aliphatic carboxylic acids is 1. The van der Waals surface area contributed by atoms with E-state index in [-0.39, 0.29) is 22.9 Å². The average Bonchev–Trinajstić information content (AvgIpc) is 3.35. The van der Waals surface area contributed by atoms with Gasteiger partial charge in [-0.1, -0.05) is 6.08 Å². The topological polar surface area (TPSA) is 113 Å². The monoisotopic (exact) mass is 338 g/mol. The number of carbonyl (C=O) groups excluding carboxylic acids is 1. The quantitative estimate of drug-likeness (QED) is 0.605. The fourth-order valence-corrected chi connectivity index (χ4v) is 3.07. The predicted octanol–water partition coefficient (Wildman–Crippen LogP) is 0.744. The molecule has 2 rings (SSSR count). The van der Waals surface area contributed by atoms with Crippen LogP contribution in [0.25, 0.3) is 0 Å². The molecule has 1 aromatic carbocycles. The number of carboxylic acid groups (broad SMARTS) is 1. The highest BCUT2D eigenvalue weighted by Gasteiger charge is 2.37. The predicted molar refractivity (Wildman–Crippen MR) is 83.4 cm³/mol. The van der Waals surface area contributed by atoms with Crippen molar-refractivity contribution in [3.05, 3.63) is 42.5 Å². The van der Waals surface area contributed by atoms with E-state index in [2.05, 4.69) is 16.6 Å². The van der Waals surface area contributed by atoms with Gasteiger partial charge in [0.25, 0.3) is 5.91 Å². The summed E-state index contributed by atoms with van der Waals surface area (Å²) in [5.41, 5.74) is 0.208. The van der Waals surface area contributed by atoms with Gasteiger partial charge in [-0.2, -0.15) is 0 Å². The molecule has 23 heavy (non-hydrogen) atoms. The Hall–Kier alpha value is -2.19. The Morgan fingerprint density at radius 2 is 1.91 bits per heavy atom. The second-order valence-corrected chi connectivity index (χ2v) is 7.06. The number of benzene rings is 1. The molecule has 0 saturated heterocycles. The van der Waals surface area contributed by atoms with Crippen LogP contribution in [0.2, 0.25) is 0 Å². The summed E-state index contributed by atoms with van der Waals surface area (Å²) in [6, 6.07) is 4.40. The van der Waals surface area contributed by atoms with E-state index in [9.17, 15) is 18.0 Å². The number of sulfonamides is 1. The Bertz CT molecular complexity index is 708. The van der Waals surface area contributed by atoms with Crippen LogP contribution in [0.15, 0.2) is 41.8 Å². The molecule has 1 saturated carbocycles. The van der Waals surface area contributed by atoms with Gasteiger partial charge in [-0.25, -0.2) is 17.9 Å². The SMILES string of the molecule is C=CCNS(=O)(=O)c1ccc(C(=O)NC(C(=O)O)C2CC2)cc1. The van der Waals surface area contributed by atoms with Gasteiger partial charge in [0.05, 0.1) is 4.90 Å². The van der Waals surface area contributed by atoms with Crippen molar-refractivity contribution in [1.82, 2.24) is 10.0 Å². The second kappa shape index (κ2) is 6.93. The Balaban J connectivity index is 2.08. The summed E-state index contributed by atoms with van der Waals surface area (Å²) in [6.45, 7) is 3.53. The van der Waals surface area contributed by atoms with Crippen molar-refractivity contribution in [2.75, 3.05) is 6.54 Å². The van der Waals surface area contributed by atoms with Crippen molar-refractivity contribution in [2.24, 2.45) is 5.92 Å². The molecule has 1 amide bonds. The third-order valence-corrected chi connectivity index (χ3v) is 4.93. The minimum Gasteiger partial charge on any atom is -0.480 e. The first-order valence-corrected chi connectivity index (χ1v) is 8.58. The van der Waals surface area contributed by atoms with Gasteiger partial charge in [-0.15, -0.1) is 6.58 Å². The summed E-state index contributed by atoms with van der Waals surface area (Å²) in [4.78, 5) is 23.2. The number of hydrogen-bond acceptors (Lipinski definition) is 4. The molecular weight excluding hydrogens is 320 g/mol. The maximum absolute atomic E-state index is 12.1. The summed E-state index contributed by atoms with van der Waals surface area (Å²) in [5, 5.41) is 11.6. The molecule has 0 bridgehead atoms. The standard InChI is InChI=1S/C15H18N2O5S/c1-2-9-16-23(21,22)12-7-5-11(6-8-12)14(18)17-13(15(19)20)10-3-4-10/h2,5-8,10,13,16H,1,3-4,9H2,(H,17,18)(H,19,20). The van der Waals surface area contributed by atoms with E-state index in [1.807, 2.05) is 0 Å². The van der Waals surface area contributed by atoms with E-state index in [1.54, 1.807) is 0 Å². The van der Waals surface area contributed by atoms with Crippen LogP contribution in [0.3, 0.4) is 0 Å². The van der Waals surface area contributed by atoms with Gasteiger partial charge in [0.1, 0.15) is 6.04 Å². The van der Waals surface area contributed by atoms with E-state index in [0.717, 1.165) is 12.8 Å². The lowest BCUT2D eigenvalue weighted by molar-refractivity contribution is -0.139. The zero-order chi connectivity index (χ0) is 17.0. The van der Waals surface area contributed by atoms with Gasteiger partial charge in [0, 0.05) is 12.1 Å². The molecule has 3 N–H and O–H groups in total. The average molecular weight is 338 g/mol. The molecule has 0 radical (unpaired) electrons. The molecule has 1 unspecified atom stereocenters. The summed E-state index contributed by atoms with van der Waals surface area (Å²) < 4.78 is 26.1. The van der Waals surface area contributed by atoms with Gasteiger partial charge in [0.2, 0.25) is 10.0 Å². The van der Waals surface area contributed by atoms with Crippen molar-refractivity contribution >= 4 is 21.9 Å². The van der Waals surface area contributed by atoms with Crippen LogP contribution < -0.4 is 10.0 Å². The number of carboxylic acids is 1. The van der Waals surface area contributed by atoms with E-state index >= 15 is 0 Å². The van der Waals surface area contributed by atoms with Gasteiger partial charge in [-0.3, -0.25) is 4.79 Å². The minimum atomic E-state index is -3.65. The molecule has 1 aliphatic carbocycles. The highest BCUT2D eigenvalue weighted by molar-refractivity contribution is 7.89. The van der Waals surface area contributed by atoms with Gasteiger partial charge in [0.15, 0.2) is 0 Å². The van der Waals surface area contributed by atoms with Crippen LogP contribution in [-0.2, 0) is 14.8 Å². The number of hydrogen-bond donors (Lipinski definition) is 3. The maximum atomic E-state index is 12.1. The van der Waals surface area contributed by atoms with Crippen molar-refractivity contribution in [3.8, 4) is 0 Å². The molecule has 1 fully saturated rings. The Labute approximate surface area is 134 Å². The molecule has 1 aliphatic rings. The summed E-state index contributed by atoms with van der Waals surface area (Å²) in [7, 11) is -3.65. The Kier molecular flexibility index (Phi) is 5.17. The van der Waals surface area contributed by atoms with E-state index in [1.165, 1.54) is 30.3 Å². The van der Waals surface area contributed by atoms with Crippen LogP contribution in [0, 0.1) is 5.92 Å².